The van der Waals surface area contributed by atoms with Gasteiger partial charge in [-0.05, 0) is 37.2 Å². The fourth-order valence-corrected chi connectivity index (χ4v) is 3.91. The number of aromatic nitrogens is 3. The number of aryl methyl sites for hydroxylation is 1. The van der Waals surface area contributed by atoms with Gasteiger partial charge in [-0.3, -0.25) is 4.68 Å². The Morgan fingerprint density at radius 3 is 2.64 bits per heavy atom. The molecule has 1 aromatic carbocycles. The number of hydrogen-bond donors (Lipinski definition) is 2. The van der Waals surface area contributed by atoms with Crippen LogP contribution in [-0.2, 0) is 13.0 Å². The van der Waals surface area contributed by atoms with Crippen molar-refractivity contribution < 1.29 is 0 Å². The second kappa shape index (κ2) is 5.43. The van der Waals surface area contributed by atoms with Gasteiger partial charge in [-0.2, -0.15) is 5.10 Å². The molecule has 5 heteroatoms. The topological polar surface area (TPSA) is 82.8 Å². The number of benzene rings is 1. The van der Waals surface area contributed by atoms with Gasteiger partial charge in [0.05, 0.1) is 5.52 Å². The predicted molar refractivity (Wildman–Crippen MR) is 103 cm³/mol. The number of nitrogens with zero attached hydrogens (tertiary/aromatic N) is 3. The van der Waals surface area contributed by atoms with E-state index in [0.717, 1.165) is 54.0 Å². The van der Waals surface area contributed by atoms with E-state index in [0.29, 0.717) is 5.82 Å². The quantitative estimate of drug-likeness (QED) is 0.744. The van der Waals surface area contributed by atoms with Crippen LogP contribution in [-0.4, -0.2) is 20.3 Å². The summed E-state index contributed by atoms with van der Waals surface area (Å²) in [7, 11) is 0. The van der Waals surface area contributed by atoms with Gasteiger partial charge in [-0.25, -0.2) is 4.98 Å². The summed E-state index contributed by atoms with van der Waals surface area (Å²) >= 11 is 0. The van der Waals surface area contributed by atoms with Crippen molar-refractivity contribution in [3.8, 4) is 0 Å². The molecular formula is C20H27N5. The van der Waals surface area contributed by atoms with Gasteiger partial charge >= 0.3 is 0 Å². The maximum absolute atomic E-state index is 6.58. The van der Waals surface area contributed by atoms with Crippen molar-refractivity contribution in [2.24, 2.45) is 11.1 Å². The van der Waals surface area contributed by atoms with Gasteiger partial charge in [0.25, 0.3) is 0 Å². The lowest BCUT2D eigenvalue weighted by Crippen LogP contribution is -2.41. The van der Waals surface area contributed by atoms with Gasteiger partial charge in [-0.15, -0.1) is 0 Å². The molecule has 3 aromatic rings. The molecule has 4 N–H and O–H groups in total. The van der Waals surface area contributed by atoms with Crippen molar-refractivity contribution in [1.29, 1.82) is 0 Å². The third-order valence-corrected chi connectivity index (χ3v) is 5.90. The van der Waals surface area contributed by atoms with Crippen LogP contribution in [0.3, 0.4) is 0 Å². The van der Waals surface area contributed by atoms with Gasteiger partial charge in [0.1, 0.15) is 5.52 Å². The molecule has 0 atom stereocenters. The molecule has 0 aliphatic heterocycles. The molecule has 5 nitrogen and oxygen atoms in total. The van der Waals surface area contributed by atoms with Crippen LogP contribution < -0.4 is 11.5 Å². The molecule has 25 heavy (non-hydrogen) atoms. The van der Waals surface area contributed by atoms with E-state index in [9.17, 15) is 0 Å². The monoisotopic (exact) mass is 337 g/mol. The van der Waals surface area contributed by atoms with E-state index in [4.69, 9.17) is 16.6 Å². The first-order valence-corrected chi connectivity index (χ1v) is 9.19. The molecule has 0 bridgehead atoms. The number of rotatable bonds is 5. The Bertz CT molecular complexity index is 950. The van der Waals surface area contributed by atoms with Crippen molar-refractivity contribution in [3.63, 3.8) is 0 Å². The van der Waals surface area contributed by atoms with E-state index < -0.39 is 0 Å². The van der Waals surface area contributed by atoms with Crippen molar-refractivity contribution in [2.45, 2.75) is 58.5 Å². The number of nitrogen functional groups attached to an aromatic ring is 1. The minimum absolute atomic E-state index is 0.0184. The first-order chi connectivity index (χ1) is 11.9. The largest absolute Gasteiger partial charge is 0.382 e. The van der Waals surface area contributed by atoms with Crippen molar-refractivity contribution in [2.75, 3.05) is 5.73 Å². The van der Waals surface area contributed by atoms with Crippen LogP contribution in [0.25, 0.3) is 21.8 Å². The standard InChI is InChI=1S/C20H27N5/c1-4-11-25-15(12-19(2,3)20(22)9-10-20)16-13-7-5-6-8-14(13)23-18(21)17(16)24-25/h5-8H,4,9-12,22H2,1-3H3,(H2,21,23). The predicted octanol–water partition coefficient (Wildman–Crippen LogP) is 3.64. The summed E-state index contributed by atoms with van der Waals surface area (Å²) in [6, 6.07) is 8.19. The van der Waals surface area contributed by atoms with Gasteiger partial charge < -0.3 is 11.5 Å². The summed E-state index contributed by atoms with van der Waals surface area (Å²) in [5.74, 6) is 0.511. The van der Waals surface area contributed by atoms with Crippen molar-refractivity contribution in [1.82, 2.24) is 14.8 Å². The van der Waals surface area contributed by atoms with E-state index in [2.05, 4.69) is 42.6 Å². The summed E-state index contributed by atoms with van der Waals surface area (Å²) in [5, 5.41) is 7.10. The molecule has 2 heterocycles. The van der Waals surface area contributed by atoms with Crippen LogP contribution in [0.5, 0.6) is 0 Å². The van der Waals surface area contributed by atoms with E-state index in [1.807, 2.05) is 12.1 Å². The molecule has 1 fully saturated rings. The van der Waals surface area contributed by atoms with E-state index >= 15 is 0 Å². The maximum atomic E-state index is 6.58. The van der Waals surface area contributed by atoms with Crippen LogP contribution in [0.2, 0.25) is 0 Å². The van der Waals surface area contributed by atoms with Crippen LogP contribution in [0, 0.1) is 5.41 Å². The third-order valence-electron chi connectivity index (χ3n) is 5.90. The zero-order valence-electron chi connectivity index (χ0n) is 15.3. The Balaban J connectivity index is 1.98. The lowest BCUT2D eigenvalue weighted by Gasteiger charge is -2.32. The highest BCUT2D eigenvalue weighted by Crippen LogP contribution is 2.50. The first-order valence-electron chi connectivity index (χ1n) is 9.19. The van der Waals surface area contributed by atoms with E-state index in [1.165, 1.54) is 5.69 Å². The van der Waals surface area contributed by atoms with Crippen LogP contribution >= 0.6 is 0 Å². The average Bonchev–Trinajstić information content (AvgIpc) is 3.23. The molecule has 0 amide bonds. The number of nitrogens with two attached hydrogens (primary N) is 2. The minimum atomic E-state index is -0.0605. The molecule has 0 spiro atoms. The second-order valence-corrected chi connectivity index (χ2v) is 8.12. The zero-order valence-corrected chi connectivity index (χ0v) is 15.3. The van der Waals surface area contributed by atoms with Crippen molar-refractivity contribution >= 4 is 27.6 Å². The highest BCUT2D eigenvalue weighted by Gasteiger charge is 2.51. The third kappa shape index (κ3) is 2.49. The molecule has 1 saturated carbocycles. The van der Waals surface area contributed by atoms with E-state index in [1.54, 1.807) is 0 Å². The lowest BCUT2D eigenvalue weighted by molar-refractivity contribution is 0.258. The number of hydrogen-bond acceptors (Lipinski definition) is 4. The number of anilines is 1. The summed E-state index contributed by atoms with van der Waals surface area (Å²) in [5.41, 5.74) is 15.8. The molecule has 0 saturated heterocycles. The molecule has 1 aliphatic carbocycles. The fraction of sp³-hybridized carbons (Fsp3) is 0.500. The molecule has 0 radical (unpaired) electrons. The van der Waals surface area contributed by atoms with Crippen LogP contribution in [0.15, 0.2) is 24.3 Å². The minimum Gasteiger partial charge on any atom is -0.382 e. The molecular weight excluding hydrogens is 310 g/mol. The maximum Gasteiger partial charge on any atom is 0.152 e. The SMILES string of the molecule is CCCn1nc2c(N)nc3ccccc3c2c1CC(C)(C)C1(N)CC1. The van der Waals surface area contributed by atoms with Crippen LogP contribution in [0.4, 0.5) is 5.82 Å². The normalized spacial score (nSPS) is 16.6. The Labute approximate surface area is 148 Å². The smallest absolute Gasteiger partial charge is 0.152 e. The van der Waals surface area contributed by atoms with E-state index in [-0.39, 0.29) is 11.0 Å². The second-order valence-electron chi connectivity index (χ2n) is 8.12. The first kappa shape index (κ1) is 16.3. The number of para-hydroxylation sites is 1. The lowest BCUT2D eigenvalue weighted by atomic mass is 9.77. The Kier molecular flexibility index (Phi) is 3.55. The molecule has 2 aromatic heterocycles. The summed E-state index contributed by atoms with van der Waals surface area (Å²) in [6.07, 6.45) is 4.13. The highest BCUT2D eigenvalue weighted by atomic mass is 15.3. The summed E-state index contributed by atoms with van der Waals surface area (Å²) in [6.45, 7) is 7.61. The Morgan fingerprint density at radius 1 is 1.24 bits per heavy atom. The Morgan fingerprint density at radius 2 is 1.96 bits per heavy atom. The number of fused-ring (bicyclic) bond motifs is 3. The molecule has 132 valence electrons. The Hall–Kier alpha value is -2.14. The van der Waals surface area contributed by atoms with Crippen LogP contribution in [0.1, 0.15) is 45.7 Å². The highest BCUT2D eigenvalue weighted by molar-refractivity contribution is 6.09. The molecule has 1 aliphatic rings. The summed E-state index contributed by atoms with van der Waals surface area (Å²) in [4.78, 5) is 4.55. The van der Waals surface area contributed by atoms with Gasteiger partial charge in [-0.1, -0.05) is 39.0 Å². The summed E-state index contributed by atoms with van der Waals surface area (Å²) < 4.78 is 2.13. The number of pyridine rings is 1. The molecule has 4 rings (SSSR count). The molecule has 0 unspecified atom stereocenters. The zero-order chi connectivity index (χ0) is 17.8. The van der Waals surface area contributed by atoms with Gasteiger partial charge in [0, 0.05) is 28.6 Å². The fourth-order valence-electron chi connectivity index (χ4n) is 3.91. The average molecular weight is 337 g/mol. The van der Waals surface area contributed by atoms with Gasteiger partial charge in [0.15, 0.2) is 5.82 Å². The van der Waals surface area contributed by atoms with Gasteiger partial charge in [0.2, 0.25) is 0 Å². The van der Waals surface area contributed by atoms with Crippen molar-refractivity contribution in [3.05, 3.63) is 30.0 Å².